The zero-order chi connectivity index (χ0) is 12.0. The Morgan fingerprint density at radius 1 is 1.25 bits per heavy atom. The van der Waals surface area contributed by atoms with Crippen molar-refractivity contribution in [1.82, 2.24) is 10.2 Å². The molecule has 1 aliphatic carbocycles. The molecule has 0 atom stereocenters. The van der Waals surface area contributed by atoms with E-state index in [0.717, 1.165) is 24.9 Å². The fourth-order valence-corrected chi connectivity index (χ4v) is 2.26. The Labute approximate surface area is 99.6 Å². The number of nitrogens with zero attached hydrogens (tertiary/aromatic N) is 1. The Morgan fingerprint density at radius 3 is 2.44 bits per heavy atom. The highest BCUT2D eigenvalue weighted by Crippen LogP contribution is 2.27. The summed E-state index contributed by atoms with van der Waals surface area (Å²) >= 11 is 0. The second kappa shape index (κ2) is 6.89. The maximum Gasteiger partial charge on any atom is 0.223 e. The molecular formula is C13H26N2O. The Kier molecular flexibility index (Phi) is 5.81. The summed E-state index contributed by atoms with van der Waals surface area (Å²) in [6.07, 6.45) is 6.09. The summed E-state index contributed by atoms with van der Waals surface area (Å²) < 4.78 is 0. The third kappa shape index (κ3) is 4.97. The van der Waals surface area contributed by atoms with E-state index < -0.39 is 0 Å². The van der Waals surface area contributed by atoms with E-state index in [1.807, 2.05) is 14.1 Å². The van der Waals surface area contributed by atoms with Crippen LogP contribution in [0.5, 0.6) is 0 Å². The molecule has 0 aromatic carbocycles. The van der Waals surface area contributed by atoms with E-state index in [4.69, 9.17) is 0 Å². The highest BCUT2D eigenvalue weighted by Gasteiger charge is 2.17. The van der Waals surface area contributed by atoms with Gasteiger partial charge in [0.2, 0.25) is 5.91 Å². The quantitative estimate of drug-likeness (QED) is 0.726. The van der Waals surface area contributed by atoms with Crippen molar-refractivity contribution in [2.24, 2.45) is 11.8 Å². The molecule has 94 valence electrons. The predicted molar refractivity (Wildman–Crippen MR) is 67.3 cm³/mol. The van der Waals surface area contributed by atoms with Gasteiger partial charge in [0, 0.05) is 27.1 Å². The molecule has 1 rings (SSSR count). The maximum atomic E-state index is 11.3. The molecule has 0 aliphatic heterocycles. The second-order valence-electron chi connectivity index (χ2n) is 5.37. The molecule has 1 aliphatic rings. The van der Waals surface area contributed by atoms with Crippen molar-refractivity contribution in [1.29, 1.82) is 0 Å². The van der Waals surface area contributed by atoms with Crippen LogP contribution in [0, 0.1) is 11.8 Å². The van der Waals surface area contributed by atoms with Gasteiger partial charge < -0.3 is 10.2 Å². The Morgan fingerprint density at radius 2 is 1.88 bits per heavy atom. The first-order valence-electron chi connectivity index (χ1n) is 6.50. The lowest BCUT2D eigenvalue weighted by molar-refractivity contribution is -0.128. The van der Waals surface area contributed by atoms with E-state index in [-0.39, 0.29) is 5.91 Å². The van der Waals surface area contributed by atoms with Gasteiger partial charge in [0.05, 0.1) is 0 Å². The SMILES string of the molecule is CC1CCC(CNCCC(=O)N(C)C)CC1. The molecule has 0 unspecified atom stereocenters. The third-order valence-corrected chi connectivity index (χ3v) is 3.58. The van der Waals surface area contributed by atoms with E-state index in [9.17, 15) is 4.79 Å². The molecule has 1 fully saturated rings. The normalized spacial score (nSPS) is 25.4. The number of carbonyl (C=O) groups excluding carboxylic acids is 1. The zero-order valence-corrected chi connectivity index (χ0v) is 11.0. The van der Waals surface area contributed by atoms with Gasteiger partial charge in [-0.1, -0.05) is 19.8 Å². The minimum atomic E-state index is 0.213. The molecule has 0 bridgehead atoms. The molecule has 0 radical (unpaired) electrons. The van der Waals surface area contributed by atoms with Gasteiger partial charge in [-0.15, -0.1) is 0 Å². The zero-order valence-electron chi connectivity index (χ0n) is 11.0. The lowest BCUT2D eigenvalue weighted by atomic mass is 9.83. The predicted octanol–water partition coefficient (Wildman–Crippen LogP) is 1.88. The summed E-state index contributed by atoms with van der Waals surface area (Å²) in [5.41, 5.74) is 0. The minimum Gasteiger partial charge on any atom is -0.349 e. The summed E-state index contributed by atoms with van der Waals surface area (Å²) in [6, 6.07) is 0. The van der Waals surface area contributed by atoms with Gasteiger partial charge in [0.1, 0.15) is 0 Å². The molecule has 0 aromatic rings. The number of hydrogen-bond acceptors (Lipinski definition) is 2. The molecule has 0 spiro atoms. The van der Waals surface area contributed by atoms with Crippen molar-refractivity contribution in [2.75, 3.05) is 27.2 Å². The van der Waals surface area contributed by atoms with Gasteiger partial charge >= 0.3 is 0 Å². The Bertz CT molecular complexity index is 208. The van der Waals surface area contributed by atoms with Crippen LogP contribution in [0.25, 0.3) is 0 Å². The third-order valence-electron chi connectivity index (χ3n) is 3.58. The van der Waals surface area contributed by atoms with Crippen LogP contribution in [0.4, 0.5) is 0 Å². The summed E-state index contributed by atoms with van der Waals surface area (Å²) in [4.78, 5) is 13.0. The number of amides is 1. The van der Waals surface area contributed by atoms with Crippen LogP contribution in [0.15, 0.2) is 0 Å². The Balaban J connectivity index is 2.01. The van der Waals surface area contributed by atoms with E-state index in [1.165, 1.54) is 25.7 Å². The van der Waals surface area contributed by atoms with Crippen molar-refractivity contribution in [2.45, 2.75) is 39.0 Å². The molecule has 1 amide bonds. The molecule has 3 heteroatoms. The molecule has 0 saturated heterocycles. The fraction of sp³-hybridized carbons (Fsp3) is 0.923. The van der Waals surface area contributed by atoms with Crippen LogP contribution in [-0.4, -0.2) is 38.0 Å². The summed E-state index contributed by atoms with van der Waals surface area (Å²) in [5.74, 6) is 1.97. The largest absolute Gasteiger partial charge is 0.349 e. The Hall–Kier alpha value is -0.570. The van der Waals surface area contributed by atoms with Crippen LogP contribution < -0.4 is 5.32 Å². The summed E-state index contributed by atoms with van der Waals surface area (Å²) in [7, 11) is 3.62. The van der Waals surface area contributed by atoms with Gasteiger partial charge in [-0.05, 0) is 31.2 Å². The molecule has 16 heavy (non-hydrogen) atoms. The highest BCUT2D eigenvalue weighted by molar-refractivity contribution is 5.75. The molecular weight excluding hydrogens is 200 g/mol. The number of carbonyl (C=O) groups is 1. The first-order chi connectivity index (χ1) is 7.59. The van der Waals surface area contributed by atoms with E-state index in [2.05, 4.69) is 12.2 Å². The topological polar surface area (TPSA) is 32.3 Å². The van der Waals surface area contributed by atoms with Crippen molar-refractivity contribution in [3.05, 3.63) is 0 Å². The lowest BCUT2D eigenvalue weighted by Crippen LogP contribution is -2.30. The molecule has 3 nitrogen and oxygen atoms in total. The van der Waals surface area contributed by atoms with Crippen molar-refractivity contribution >= 4 is 5.91 Å². The van der Waals surface area contributed by atoms with Gasteiger partial charge in [0.15, 0.2) is 0 Å². The van der Waals surface area contributed by atoms with Crippen LogP contribution in [0.2, 0.25) is 0 Å². The van der Waals surface area contributed by atoms with Crippen molar-refractivity contribution in [3.8, 4) is 0 Å². The fourth-order valence-electron chi connectivity index (χ4n) is 2.26. The molecule has 1 N–H and O–H groups in total. The number of nitrogens with one attached hydrogen (secondary N) is 1. The average molecular weight is 226 g/mol. The lowest BCUT2D eigenvalue weighted by Gasteiger charge is -2.26. The van der Waals surface area contributed by atoms with E-state index >= 15 is 0 Å². The standard InChI is InChI=1S/C13H26N2O/c1-11-4-6-12(7-5-11)10-14-9-8-13(16)15(2)3/h11-12,14H,4-10H2,1-3H3. The molecule has 0 heterocycles. The summed E-state index contributed by atoms with van der Waals surface area (Å²) in [5, 5.41) is 3.41. The smallest absolute Gasteiger partial charge is 0.223 e. The second-order valence-corrected chi connectivity index (χ2v) is 5.37. The van der Waals surface area contributed by atoms with E-state index in [0.29, 0.717) is 6.42 Å². The maximum absolute atomic E-state index is 11.3. The van der Waals surface area contributed by atoms with Gasteiger partial charge in [-0.2, -0.15) is 0 Å². The molecule has 1 saturated carbocycles. The van der Waals surface area contributed by atoms with Crippen LogP contribution >= 0.6 is 0 Å². The van der Waals surface area contributed by atoms with Gasteiger partial charge in [-0.3, -0.25) is 4.79 Å². The van der Waals surface area contributed by atoms with E-state index in [1.54, 1.807) is 4.90 Å². The van der Waals surface area contributed by atoms with Crippen LogP contribution in [0.3, 0.4) is 0 Å². The van der Waals surface area contributed by atoms with Crippen molar-refractivity contribution in [3.63, 3.8) is 0 Å². The minimum absolute atomic E-state index is 0.213. The first kappa shape index (κ1) is 13.5. The summed E-state index contributed by atoms with van der Waals surface area (Å²) in [6.45, 7) is 4.26. The van der Waals surface area contributed by atoms with Gasteiger partial charge in [0.25, 0.3) is 0 Å². The monoisotopic (exact) mass is 226 g/mol. The van der Waals surface area contributed by atoms with Crippen LogP contribution in [-0.2, 0) is 4.79 Å². The highest BCUT2D eigenvalue weighted by atomic mass is 16.2. The first-order valence-corrected chi connectivity index (χ1v) is 6.50. The van der Waals surface area contributed by atoms with Gasteiger partial charge in [-0.25, -0.2) is 0 Å². The van der Waals surface area contributed by atoms with Crippen molar-refractivity contribution < 1.29 is 4.79 Å². The number of hydrogen-bond donors (Lipinski definition) is 1. The average Bonchev–Trinajstić information content (AvgIpc) is 2.26. The number of rotatable bonds is 5. The van der Waals surface area contributed by atoms with Crippen LogP contribution in [0.1, 0.15) is 39.0 Å². The molecule has 0 aromatic heterocycles.